The van der Waals surface area contributed by atoms with Gasteiger partial charge in [0.2, 0.25) is 21.8 Å². The van der Waals surface area contributed by atoms with Gasteiger partial charge in [0.25, 0.3) is 0 Å². The Bertz CT molecular complexity index is 1100. The second kappa shape index (κ2) is 9.98. The first-order chi connectivity index (χ1) is 15.8. The molecule has 0 aromatic heterocycles. The van der Waals surface area contributed by atoms with Crippen molar-refractivity contribution in [3.63, 3.8) is 0 Å². The Morgan fingerprint density at radius 3 is 2.58 bits per heavy atom. The van der Waals surface area contributed by atoms with Crippen LogP contribution >= 0.6 is 0 Å². The third-order valence-electron chi connectivity index (χ3n) is 6.11. The van der Waals surface area contributed by atoms with E-state index in [9.17, 15) is 22.4 Å². The molecule has 2 aromatic carbocycles. The fourth-order valence-electron chi connectivity index (χ4n) is 4.41. The van der Waals surface area contributed by atoms with E-state index < -0.39 is 27.9 Å². The second-order valence-corrected chi connectivity index (χ2v) is 10.1. The Morgan fingerprint density at radius 1 is 1.12 bits per heavy atom. The maximum atomic E-state index is 13.1. The van der Waals surface area contributed by atoms with Crippen LogP contribution < -0.4 is 15.4 Å². The molecule has 10 heteroatoms. The van der Waals surface area contributed by atoms with Gasteiger partial charge in [0.15, 0.2) is 0 Å². The number of carbonyl (C=O) groups excluding carboxylic acids is 2. The van der Waals surface area contributed by atoms with Gasteiger partial charge in [0.1, 0.15) is 5.82 Å². The standard InChI is InChI=1S/C23H27FN4O4S/c24-17-6-9-20(10-7-17)33(31,32)27-18-12-21-23(30)26-14-19(28(21)15-18)8-11-22(29)25-13-16-4-2-1-3-5-16/h1-7,9-10,18-19,21,27H,8,11-15H2,(H,25,29)(H,26,30)/t18-,19+,21-/m0/s1. The molecule has 33 heavy (non-hydrogen) atoms. The van der Waals surface area contributed by atoms with Crippen LogP contribution in [0.1, 0.15) is 24.8 Å². The van der Waals surface area contributed by atoms with Crippen molar-refractivity contribution in [3.05, 3.63) is 66.0 Å². The summed E-state index contributed by atoms with van der Waals surface area (Å²) < 4.78 is 41.1. The molecule has 176 valence electrons. The number of hydrogen-bond donors (Lipinski definition) is 3. The first kappa shape index (κ1) is 23.3. The zero-order chi connectivity index (χ0) is 23.4. The molecule has 0 radical (unpaired) electrons. The molecule has 2 amide bonds. The van der Waals surface area contributed by atoms with Crippen molar-refractivity contribution in [1.82, 2.24) is 20.3 Å². The first-order valence-electron chi connectivity index (χ1n) is 10.9. The summed E-state index contributed by atoms with van der Waals surface area (Å²) in [6.45, 7) is 1.24. The Kier molecular flexibility index (Phi) is 7.06. The Labute approximate surface area is 192 Å². The number of nitrogens with zero attached hydrogens (tertiary/aromatic N) is 1. The number of hydrogen-bond acceptors (Lipinski definition) is 5. The number of piperazine rings is 1. The molecule has 2 aliphatic heterocycles. The fourth-order valence-corrected chi connectivity index (χ4v) is 5.65. The van der Waals surface area contributed by atoms with Crippen molar-refractivity contribution >= 4 is 21.8 Å². The molecule has 4 rings (SSSR count). The van der Waals surface area contributed by atoms with E-state index in [2.05, 4.69) is 15.4 Å². The van der Waals surface area contributed by atoms with E-state index in [4.69, 9.17) is 0 Å². The highest BCUT2D eigenvalue weighted by molar-refractivity contribution is 7.89. The summed E-state index contributed by atoms with van der Waals surface area (Å²) in [5.41, 5.74) is 1.02. The molecule has 0 saturated carbocycles. The molecule has 0 aliphatic carbocycles. The van der Waals surface area contributed by atoms with Crippen LogP contribution in [0, 0.1) is 5.82 Å². The minimum absolute atomic E-state index is 0.0233. The largest absolute Gasteiger partial charge is 0.353 e. The lowest BCUT2D eigenvalue weighted by Gasteiger charge is -2.37. The number of halogens is 1. The molecule has 2 fully saturated rings. The smallest absolute Gasteiger partial charge is 0.240 e. The van der Waals surface area contributed by atoms with Crippen molar-refractivity contribution in [1.29, 1.82) is 0 Å². The lowest BCUT2D eigenvalue weighted by molar-refractivity contribution is -0.129. The predicted octanol–water partition coefficient (Wildman–Crippen LogP) is 1.14. The van der Waals surface area contributed by atoms with Crippen LogP contribution in [-0.2, 0) is 26.2 Å². The SMILES string of the molecule is O=C(CC[C@@H]1CNC(=O)[C@@H]2C[C@H](NS(=O)(=O)c3ccc(F)cc3)CN12)NCc1ccccc1. The summed E-state index contributed by atoms with van der Waals surface area (Å²) in [7, 11) is -3.84. The second-order valence-electron chi connectivity index (χ2n) is 8.42. The van der Waals surface area contributed by atoms with Crippen molar-refractivity contribution in [2.24, 2.45) is 0 Å². The van der Waals surface area contributed by atoms with Crippen LogP contribution in [0.3, 0.4) is 0 Å². The monoisotopic (exact) mass is 474 g/mol. The lowest BCUT2D eigenvalue weighted by Crippen LogP contribution is -2.58. The third-order valence-corrected chi connectivity index (χ3v) is 7.64. The minimum atomic E-state index is -3.84. The van der Waals surface area contributed by atoms with E-state index >= 15 is 0 Å². The molecule has 0 unspecified atom stereocenters. The van der Waals surface area contributed by atoms with Gasteiger partial charge in [-0.1, -0.05) is 30.3 Å². The lowest BCUT2D eigenvalue weighted by atomic mass is 10.0. The summed E-state index contributed by atoms with van der Waals surface area (Å²) >= 11 is 0. The van der Waals surface area contributed by atoms with E-state index in [0.29, 0.717) is 38.9 Å². The van der Waals surface area contributed by atoms with E-state index in [0.717, 1.165) is 17.7 Å². The quantitative estimate of drug-likeness (QED) is 0.532. The van der Waals surface area contributed by atoms with Crippen LogP contribution in [0.2, 0.25) is 0 Å². The summed E-state index contributed by atoms with van der Waals surface area (Å²) in [5, 5.41) is 5.78. The van der Waals surface area contributed by atoms with Crippen LogP contribution in [0.25, 0.3) is 0 Å². The number of sulfonamides is 1. The minimum Gasteiger partial charge on any atom is -0.353 e. The summed E-state index contributed by atoms with van der Waals surface area (Å²) in [6, 6.07) is 13.3. The van der Waals surface area contributed by atoms with Gasteiger partial charge in [-0.2, -0.15) is 0 Å². The van der Waals surface area contributed by atoms with E-state index in [1.165, 1.54) is 12.1 Å². The van der Waals surface area contributed by atoms with Crippen molar-refractivity contribution in [2.75, 3.05) is 13.1 Å². The molecular formula is C23H27FN4O4S. The summed E-state index contributed by atoms with van der Waals surface area (Å²) in [6.07, 6.45) is 1.19. The highest BCUT2D eigenvalue weighted by Crippen LogP contribution is 2.27. The average Bonchev–Trinajstić information content (AvgIpc) is 3.22. The summed E-state index contributed by atoms with van der Waals surface area (Å²) in [4.78, 5) is 26.7. The molecule has 2 saturated heterocycles. The number of amides is 2. The molecule has 3 N–H and O–H groups in total. The number of fused-ring (bicyclic) bond motifs is 1. The van der Waals surface area contributed by atoms with Gasteiger partial charge in [0.05, 0.1) is 10.9 Å². The third kappa shape index (κ3) is 5.76. The highest BCUT2D eigenvalue weighted by Gasteiger charge is 2.44. The Hall–Kier alpha value is -2.82. The molecule has 8 nitrogen and oxygen atoms in total. The molecule has 2 aliphatic rings. The highest BCUT2D eigenvalue weighted by atomic mass is 32.2. The molecule has 2 heterocycles. The van der Waals surface area contributed by atoms with Crippen molar-refractivity contribution in [2.45, 2.75) is 48.8 Å². The van der Waals surface area contributed by atoms with Gasteiger partial charge < -0.3 is 10.6 Å². The Balaban J connectivity index is 1.33. The van der Waals surface area contributed by atoms with Crippen LogP contribution in [0.5, 0.6) is 0 Å². The normalized spacial score (nSPS) is 23.1. The van der Waals surface area contributed by atoms with Gasteiger partial charge in [-0.25, -0.2) is 17.5 Å². The first-order valence-corrected chi connectivity index (χ1v) is 12.4. The zero-order valence-corrected chi connectivity index (χ0v) is 18.9. The molecule has 2 aromatic rings. The maximum Gasteiger partial charge on any atom is 0.240 e. The van der Waals surface area contributed by atoms with Gasteiger partial charge in [-0.3, -0.25) is 14.5 Å². The number of carbonyl (C=O) groups is 2. The van der Waals surface area contributed by atoms with E-state index in [1.54, 1.807) is 0 Å². The fraction of sp³-hybridized carbons (Fsp3) is 0.391. The van der Waals surface area contributed by atoms with Crippen LogP contribution in [0.4, 0.5) is 4.39 Å². The van der Waals surface area contributed by atoms with Gasteiger partial charge in [0, 0.05) is 38.1 Å². The van der Waals surface area contributed by atoms with E-state index in [-0.39, 0.29) is 22.8 Å². The van der Waals surface area contributed by atoms with Gasteiger partial charge in [-0.15, -0.1) is 0 Å². The number of benzene rings is 2. The molecular weight excluding hydrogens is 447 g/mol. The zero-order valence-electron chi connectivity index (χ0n) is 18.0. The predicted molar refractivity (Wildman–Crippen MR) is 120 cm³/mol. The summed E-state index contributed by atoms with van der Waals surface area (Å²) in [5.74, 6) is -0.720. The molecule has 3 atom stereocenters. The molecule has 0 bridgehead atoms. The molecule has 0 spiro atoms. The maximum absolute atomic E-state index is 13.1. The van der Waals surface area contributed by atoms with Crippen molar-refractivity contribution < 1.29 is 22.4 Å². The number of rotatable bonds is 8. The van der Waals surface area contributed by atoms with E-state index in [1.807, 2.05) is 35.2 Å². The number of nitrogens with one attached hydrogen (secondary N) is 3. The van der Waals surface area contributed by atoms with Crippen molar-refractivity contribution in [3.8, 4) is 0 Å². The van der Waals surface area contributed by atoms with Gasteiger partial charge in [-0.05, 0) is 42.7 Å². The van der Waals surface area contributed by atoms with Crippen LogP contribution in [0.15, 0.2) is 59.5 Å². The average molecular weight is 475 g/mol. The topological polar surface area (TPSA) is 108 Å². The Morgan fingerprint density at radius 2 is 1.85 bits per heavy atom. The van der Waals surface area contributed by atoms with Crippen LogP contribution in [-0.4, -0.2) is 56.3 Å². The van der Waals surface area contributed by atoms with Gasteiger partial charge >= 0.3 is 0 Å².